The van der Waals surface area contributed by atoms with E-state index in [1.165, 1.54) is 12.1 Å². The van der Waals surface area contributed by atoms with Crippen molar-refractivity contribution in [3.05, 3.63) is 59.9 Å². The van der Waals surface area contributed by atoms with Gasteiger partial charge in [0.25, 0.3) is 5.91 Å². The van der Waals surface area contributed by atoms with Crippen LogP contribution in [-0.2, 0) is 0 Å². The number of urea groups is 1. The molecule has 7 heteroatoms. The van der Waals surface area contributed by atoms with Crippen LogP contribution in [-0.4, -0.2) is 42.2 Å². The van der Waals surface area contributed by atoms with Gasteiger partial charge in [-0.1, -0.05) is 19.1 Å². The molecule has 0 atom stereocenters. The third-order valence-corrected chi connectivity index (χ3v) is 5.94. The van der Waals surface area contributed by atoms with Crippen LogP contribution in [0.3, 0.4) is 0 Å². The zero-order chi connectivity index (χ0) is 20.6. The maximum atomic E-state index is 13.0. The van der Waals surface area contributed by atoms with Crippen molar-refractivity contribution in [1.82, 2.24) is 10.2 Å². The number of benzene rings is 2. The fourth-order valence-corrected chi connectivity index (χ4v) is 4.15. The van der Waals surface area contributed by atoms with Crippen LogP contribution in [0.5, 0.6) is 0 Å². The number of hydrogen-bond acceptors (Lipinski definition) is 3. The smallest absolute Gasteiger partial charge is 0.321 e. The summed E-state index contributed by atoms with van der Waals surface area (Å²) in [7, 11) is 0. The fraction of sp³-hybridized carbons (Fsp3) is 0.364. The average molecular weight is 416 g/mol. The van der Waals surface area contributed by atoms with Gasteiger partial charge in [0, 0.05) is 30.2 Å². The van der Waals surface area contributed by atoms with E-state index in [1.54, 1.807) is 28.8 Å². The molecule has 29 heavy (non-hydrogen) atoms. The number of rotatable bonds is 6. The van der Waals surface area contributed by atoms with E-state index in [1.807, 2.05) is 24.3 Å². The Morgan fingerprint density at radius 1 is 1.10 bits per heavy atom. The number of likely N-dealkylation sites (tertiary alicyclic amines) is 1. The molecule has 0 aromatic heterocycles. The van der Waals surface area contributed by atoms with Crippen molar-refractivity contribution in [3.63, 3.8) is 0 Å². The van der Waals surface area contributed by atoms with Crippen molar-refractivity contribution in [2.75, 3.05) is 30.7 Å². The lowest BCUT2D eigenvalue weighted by atomic mass is 9.97. The topological polar surface area (TPSA) is 61.4 Å². The summed E-state index contributed by atoms with van der Waals surface area (Å²) in [6.07, 6.45) is 1.67. The van der Waals surface area contributed by atoms with Crippen LogP contribution >= 0.6 is 11.8 Å². The third kappa shape index (κ3) is 5.97. The quantitative estimate of drug-likeness (QED) is 0.677. The first-order valence-electron chi connectivity index (χ1n) is 9.88. The van der Waals surface area contributed by atoms with Gasteiger partial charge in [-0.05, 0) is 60.9 Å². The molecule has 1 fully saturated rings. The SMILES string of the molecule is CCSc1ccccc1C(=O)NCC1CCN(C(=O)Nc2ccc(F)cc2)CC1. The van der Waals surface area contributed by atoms with Crippen LogP contribution in [0.15, 0.2) is 53.4 Å². The maximum Gasteiger partial charge on any atom is 0.321 e. The Morgan fingerprint density at radius 2 is 1.79 bits per heavy atom. The molecule has 1 aliphatic heterocycles. The molecule has 2 aromatic carbocycles. The van der Waals surface area contributed by atoms with Crippen molar-refractivity contribution in [3.8, 4) is 0 Å². The van der Waals surface area contributed by atoms with Gasteiger partial charge in [-0.2, -0.15) is 0 Å². The van der Waals surface area contributed by atoms with Crippen LogP contribution < -0.4 is 10.6 Å². The summed E-state index contributed by atoms with van der Waals surface area (Å²) in [4.78, 5) is 27.7. The van der Waals surface area contributed by atoms with Crippen molar-refractivity contribution in [1.29, 1.82) is 0 Å². The van der Waals surface area contributed by atoms with Gasteiger partial charge in [0.05, 0.1) is 5.56 Å². The van der Waals surface area contributed by atoms with Crippen LogP contribution in [0.2, 0.25) is 0 Å². The highest BCUT2D eigenvalue weighted by Gasteiger charge is 2.23. The van der Waals surface area contributed by atoms with E-state index in [0.717, 1.165) is 29.1 Å². The molecule has 0 spiro atoms. The summed E-state index contributed by atoms with van der Waals surface area (Å²) < 4.78 is 13.0. The Labute approximate surface area is 175 Å². The van der Waals surface area contributed by atoms with Crippen LogP contribution in [0.25, 0.3) is 0 Å². The Hall–Kier alpha value is -2.54. The Balaban J connectivity index is 1.44. The molecular weight excluding hydrogens is 389 g/mol. The monoisotopic (exact) mass is 415 g/mol. The molecule has 154 valence electrons. The lowest BCUT2D eigenvalue weighted by Crippen LogP contribution is -2.43. The summed E-state index contributed by atoms with van der Waals surface area (Å²) in [5.41, 5.74) is 1.30. The Kier molecular flexibility index (Phi) is 7.52. The van der Waals surface area contributed by atoms with Crippen LogP contribution in [0.4, 0.5) is 14.9 Å². The minimum Gasteiger partial charge on any atom is -0.352 e. The van der Waals surface area contributed by atoms with Gasteiger partial charge in [0.2, 0.25) is 0 Å². The molecule has 0 unspecified atom stereocenters. The van der Waals surface area contributed by atoms with Crippen LogP contribution in [0.1, 0.15) is 30.1 Å². The number of anilines is 1. The highest BCUT2D eigenvalue weighted by atomic mass is 32.2. The predicted molar refractivity (Wildman–Crippen MR) is 115 cm³/mol. The van der Waals surface area contributed by atoms with Crippen molar-refractivity contribution in [2.24, 2.45) is 5.92 Å². The molecule has 3 amide bonds. The number of nitrogens with zero attached hydrogens (tertiary/aromatic N) is 1. The second-order valence-electron chi connectivity index (χ2n) is 7.01. The van der Waals surface area contributed by atoms with E-state index in [-0.39, 0.29) is 17.8 Å². The summed E-state index contributed by atoms with van der Waals surface area (Å²) in [5.74, 6) is 0.891. The second-order valence-corrected chi connectivity index (χ2v) is 8.31. The zero-order valence-corrected chi connectivity index (χ0v) is 17.3. The number of carbonyl (C=O) groups is 2. The zero-order valence-electron chi connectivity index (χ0n) is 16.5. The number of hydrogen-bond donors (Lipinski definition) is 2. The number of carbonyl (C=O) groups excluding carboxylic acids is 2. The van der Waals surface area contributed by atoms with Gasteiger partial charge in [0.1, 0.15) is 5.82 Å². The standard InChI is InChI=1S/C22H26FN3O2S/c1-2-29-20-6-4-3-5-19(20)21(27)24-15-16-11-13-26(14-12-16)22(28)25-18-9-7-17(23)8-10-18/h3-10,16H,2,11-15H2,1H3,(H,24,27)(H,25,28). The summed E-state index contributed by atoms with van der Waals surface area (Å²) >= 11 is 1.66. The van der Waals surface area contributed by atoms with E-state index in [2.05, 4.69) is 17.6 Å². The highest BCUT2D eigenvalue weighted by Crippen LogP contribution is 2.23. The number of nitrogens with one attached hydrogen (secondary N) is 2. The molecule has 3 rings (SSSR count). The molecule has 2 N–H and O–H groups in total. The second kappa shape index (κ2) is 10.3. The summed E-state index contributed by atoms with van der Waals surface area (Å²) in [5, 5.41) is 5.84. The lowest BCUT2D eigenvalue weighted by molar-refractivity contribution is 0.0936. The van der Waals surface area contributed by atoms with E-state index < -0.39 is 0 Å². The maximum absolute atomic E-state index is 13.0. The lowest BCUT2D eigenvalue weighted by Gasteiger charge is -2.32. The van der Waals surface area contributed by atoms with Crippen molar-refractivity contribution < 1.29 is 14.0 Å². The average Bonchev–Trinajstić information content (AvgIpc) is 2.74. The highest BCUT2D eigenvalue weighted by molar-refractivity contribution is 7.99. The van der Waals surface area contributed by atoms with E-state index in [9.17, 15) is 14.0 Å². The van der Waals surface area contributed by atoms with Gasteiger partial charge in [0.15, 0.2) is 0 Å². The minimum atomic E-state index is -0.332. The molecule has 1 aliphatic rings. The van der Waals surface area contributed by atoms with Crippen LogP contribution in [0, 0.1) is 11.7 Å². The van der Waals surface area contributed by atoms with Gasteiger partial charge in [-0.25, -0.2) is 9.18 Å². The Morgan fingerprint density at radius 3 is 2.48 bits per heavy atom. The van der Waals surface area contributed by atoms with Gasteiger partial charge in [-0.15, -0.1) is 11.8 Å². The fourth-order valence-electron chi connectivity index (χ4n) is 3.34. The van der Waals surface area contributed by atoms with Crippen molar-refractivity contribution in [2.45, 2.75) is 24.7 Å². The molecule has 0 bridgehead atoms. The molecule has 5 nitrogen and oxygen atoms in total. The van der Waals surface area contributed by atoms with Gasteiger partial charge >= 0.3 is 6.03 Å². The molecule has 0 radical (unpaired) electrons. The third-order valence-electron chi connectivity index (χ3n) is 4.98. The normalized spacial score (nSPS) is 14.5. The number of piperidine rings is 1. The minimum absolute atomic E-state index is 0.0435. The first kappa shape index (κ1) is 21.2. The molecule has 1 saturated heterocycles. The van der Waals surface area contributed by atoms with Crippen molar-refractivity contribution >= 4 is 29.4 Å². The number of amides is 3. The number of thioether (sulfide) groups is 1. The first-order valence-corrected chi connectivity index (χ1v) is 10.9. The molecular formula is C22H26FN3O2S. The number of halogens is 1. The van der Waals surface area contributed by atoms with E-state index in [0.29, 0.717) is 31.2 Å². The van der Waals surface area contributed by atoms with E-state index >= 15 is 0 Å². The van der Waals surface area contributed by atoms with Gasteiger partial charge < -0.3 is 15.5 Å². The van der Waals surface area contributed by atoms with Gasteiger partial charge in [-0.3, -0.25) is 4.79 Å². The first-order chi connectivity index (χ1) is 14.1. The predicted octanol–water partition coefficient (Wildman–Crippen LogP) is 4.61. The summed E-state index contributed by atoms with van der Waals surface area (Å²) in [6, 6.07) is 13.2. The molecule has 0 aliphatic carbocycles. The molecule has 2 aromatic rings. The van der Waals surface area contributed by atoms with E-state index in [4.69, 9.17) is 0 Å². The molecule has 0 saturated carbocycles. The summed E-state index contributed by atoms with van der Waals surface area (Å²) in [6.45, 7) is 3.95. The Bertz CT molecular complexity index is 836. The largest absolute Gasteiger partial charge is 0.352 e. The molecule has 1 heterocycles.